The molecular weight excluding hydrogens is 296 g/mol. The summed E-state index contributed by atoms with van der Waals surface area (Å²) in [5.74, 6) is 1.13. The van der Waals surface area contributed by atoms with Gasteiger partial charge in [0.1, 0.15) is 6.54 Å². The zero-order valence-corrected chi connectivity index (χ0v) is 13.0. The van der Waals surface area contributed by atoms with E-state index < -0.39 is 5.97 Å². The Morgan fingerprint density at radius 1 is 1.43 bits per heavy atom. The maximum absolute atomic E-state index is 11.2. The van der Waals surface area contributed by atoms with Gasteiger partial charge in [-0.05, 0) is 10.4 Å². The quantitative estimate of drug-likeness (QED) is 0.585. The molecular formula is C11H16N6O3S. The highest BCUT2D eigenvalue weighted by molar-refractivity contribution is 7.98. The average Bonchev–Trinajstić information content (AvgIpc) is 3.04. The molecule has 0 unspecified atom stereocenters. The Bertz CT molecular complexity index is 618. The second-order valence-electron chi connectivity index (χ2n) is 5.25. The Morgan fingerprint density at radius 2 is 2.19 bits per heavy atom. The Kier molecular flexibility index (Phi) is 4.56. The minimum atomic E-state index is -0.419. The summed E-state index contributed by atoms with van der Waals surface area (Å²) in [6.45, 7) is 5.98. The molecule has 0 radical (unpaired) electrons. The second-order valence-corrected chi connectivity index (χ2v) is 6.19. The largest absolute Gasteiger partial charge is 0.468 e. The normalized spacial score (nSPS) is 11.6. The van der Waals surface area contributed by atoms with E-state index in [0.717, 1.165) is 0 Å². The van der Waals surface area contributed by atoms with Gasteiger partial charge in [-0.3, -0.25) is 4.79 Å². The van der Waals surface area contributed by atoms with Crippen LogP contribution in [0, 0.1) is 0 Å². The molecule has 0 spiro atoms. The van der Waals surface area contributed by atoms with E-state index in [4.69, 9.17) is 4.52 Å². The smallest absolute Gasteiger partial charge is 0.327 e. The summed E-state index contributed by atoms with van der Waals surface area (Å²) in [4.78, 5) is 15.6. The molecule has 10 heteroatoms. The number of hydrogen-bond donors (Lipinski definition) is 0. The molecule has 0 atom stereocenters. The van der Waals surface area contributed by atoms with Crippen LogP contribution in [0.2, 0.25) is 0 Å². The summed E-state index contributed by atoms with van der Waals surface area (Å²) in [5, 5.41) is 15.5. The third kappa shape index (κ3) is 4.00. The molecule has 2 aromatic rings. The lowest BCUT2D eigenvalue weighted by Crippen LogP contribution is -2.14. The molecule has 114 valence electrons. The molecule has 0 aromatic carbocycles. The van der Waals surface area contributed by atoms with Gasteiger partial charge in [-0.25, -0.2) is 4.68 Å². The lowest BCUT2D eigenvalue weighted by Gasteiger charge is -2.10. The molecule has 0 N–H and O–H groups in total. The minimum absolute atomic E-state index is 0.0388. The first-order valence-electron chi connectivity index (χ1n) is 6.19. The molecule has 9 nitrogen and oxygen atoms in total. The number of methoxy groups -OCH3 is 1. The summed E-state index contributed by atoms with van der Waals surface area (Å²) >= 11 is 1.31. The molecule has 0 amide bonds. The van der Waals surface area contributed by atoms with E-state index in [1.807, 2.05) is 20.8 Å². The molecule has 0 saturated carbocycles. The summed E-state index contributed by atoms with van der Waals surface area (Å²) in [5.41, 5.74) is -0.168. The maximum Gasteiger partial charge on any atom is 0.327 e. The number of nitrogens with zero attached hydrogens (tertiary/aromatic N) is 6. The predicted molar refractivity (Wildman–Crippen MR) is 72.4 cm³/mol. The van der Waals surface area contributed by atoms with Gasteiger partial charge in [-0.1, -0.05) is 37.7 Å². The number of esters is 1. The zero-order chi connectivity index (χ0) is 15.5. The van der Waals surface area contributed by atoms with E-state index in [2.05, 4.69) is 30.4 Å². The molecule has 21 heavy (non-hydrogen) atoms. The lowest BCUT2D eigenvalue weighted by atomic mass is 9.96. The number of rotatable bonds is 5. The zero-order valence-electron chi connectivity index (χ0n) is 12.2. The van der Waals surface area contributed by atoms with E-state index in [9.17, 15) is 4.79 Å². The first-order chi connectivity index (χ1) is 9.90. The summed E-state index contributed by atoms with van der Waals surface area (Å²) in [7, 11) is 1.31. The third-order valence-corrected chi connectivity index (χ3v) is 3.41. The number of thioether (sulfide) groups is 1. The van der Waals surface area contributed by atoms with Crippen molar-refractivity contribution in [1.82, 2.24) is 30.3 Å². The molecule has 0 bridgehead atoms. The topological polar surface area (TPSA) is 109 Å². The highest BCUT2D eigenvalue weighted by Gasteiger charge is 2.21. The summed E-state index contributed by atoms with van der Waals surface area (Å²) in [6, 6.07) is 0. The van der Waals surface area contributed by atoms with Crippen LogP contribution in [-0.2, 0) is 27.2 Å². The van der Waals surface area contributed by atoms with Crippen molar-refractivity contribution < 1.29 is 14.1 Å². The fraction of sp³-hybridized carbons (Fsp3) is 0.636. The van der Waals surface area contributed by atoms with Crippen LogP contribution in [0.3, 0.4) is 0 Å². The fourth-order valence-corrected chi connectivity index (χ4v) is 2.04. The maximum atomic E-state index is 11.2. The van der Waals surface area contributed by atoms with E-state index in [-0.39, 0.29) is 12.0 Å². The molecule has 0 fully saturated rings. The van der Waals surface area contributed by atoms with E-state index in [1.165, 1.54) is 23.6 Å². The minimum Gasteiger partial charge on any atom is -0.468 e. The first kappa shape index (κ1) is 15.4. The van der Waals surface area contributed by atoms with Crippen LogP contribution in [0.15, 0.2) is 9.68 Å². The van der Waals surface area contributed by atoms with E-state index >= 15 is 0 Å². The van der Waals surface area contributed by atoms with Gasteiger partial charge in [0, 0.05) is 5.41 Å². The van der Waals surface area contributed by atoms with Crippen molar-refractivity contribution in [2.45, 2.75) is 43.6 Å². The average molecular weight is 312 g/mol. The standard InChI is InChI=1S/C11H16N6O3S/c1-11(2,3)9-12-7(20-14-9)6-21-10-13-15-16-17(10)5-8(18)19-4/h5-6H2,1-4H3. The SMILES string of the molecule is COC(=O)Cn1nnnc1SCc1nc(C(C)(C)C)no1. The molecule has 0 aliphatic heterocycles. The molecule has 0 saturated heterocycles. The van der Waals surface area contributed by atoms with Crippen LogP contribution in [-0.4, -0.2) is 43.4 Å². The van der Waals surface area contributed by atoms with Crippen LogP contribution in [0.25, 0.3) is 0 Å². The summed E-state index contributed by atoms with van der Waals surface area (Å²) in [6.07, 6.45) is 0. The van der Waals surface area contributed by atoms with Gasteiger partial charge in [-0.2, -0.15) is 4.98 Å². The van der Waals surface area contributed by atoms with Crippen LogP contribution < -0.4 is 0 Å². The Hall–Kier alpha value is -1.97. The van der Waals surface area contributed by atoms with Gasteiger partial charge >= 0.3 is 5.97 Å². The van der Waals surface area contributed by atoms with Crippen LogP contribution >= 0.6 is 11.8 Å². The predicted octanol–water partition coefficient (Wildman–Crippen LogP) is 0.819. The van der Waals surface area contributed by atoms with Crippen molar-refractivity contribution in [1.29, 1.82) is 0 Å². The van der Waals surface area contributed by atoms with Crippen LogP contribution in [0.5, 0.6) is 0 Å². The fourth-order valence-electron chi connectivity index (χ4n) is 1.33. The van der Waals surface area contributed by atoms with Gasteiger partial charge in [-0.15, -0.1) is 5.10 Å². The van der Waals surface area contributed by atoms with Gasteiger partial charge in [0.25, 0.3) is 0 Å². The van der Waals surface area contributed by atoms with Crippen molar-refractivity contribution in [2.24, 2.45) is 0 Å². The number of carbonyl (C=O) groups excluding carboxylic acids is 1. The van der Waals surface area contributed by atoms with Crippen molar-refractivity contribution in [3.63, 3.8) is 0 Å². The van der Waals surface area contributed by atoms with Gasteiger partial charge < -0.3 is 9.26 Å². The van der Waals surface area contributed by atoms with Crippen molar-refractivity contribution >= 4 is 17.7 Å². The summed E-state index contributed by atoms with van der Waals surface area (Å²) < 4.78 is 11.1. The van der Waals surface area contributed by atoms with Gasteiger partial charge in [0.2, 0.25) is 11.0 Å². The van der Waals surface area contributed by atoms with Crippen molar-refractivity contribution in [3.05, 3.63) is 11.7 Å². The Morgan fingerprint density at radius 3 is 2.81 bits per heavy atom. The number of ether oxygens (including phenoxy) is 1. The number of aromatic nitrogens is 6. The number of carbonyl (C=O) groups is 1. The first-order valence-corrected chi connectivity index (χ1v) is 7.17. The molecule has 0 aliphatic carbocycles. The molecule has 0 aliphatic rings. The van der Waals surface area contributed by atoms with Crippen LogP contribution in [0.4, 0.5) is 0 Å². The lowest BCUT2D eigenvalue weighted by molar-refractivity contribution is -0.141. The highest BCUT2D eigenvalue weighted by Crippen LogP contribution is 2.22. The molecule has 2 aromatic heterocycles. The number of tetrazole rings is 1. The highest BCUT2D eigenvalue weighted by atomic mass is 32.2. The number of hydrogen-bond acceptors (Lipinski definition) is 9. The molecule has 2 rings (SSSR count). The van der Waals surface area contributed by atoms with E-state index in [1.54, 1.807) is 0 Å². The van der Waals surface area contributed by atoms with Gasteiger partial charge in [0.15, 0.2) is 5.82 Å². The Balaban J connectivity index is 1.99. The van der Waals surface area contributed by atoms with Gasteiger partial charge in [0.05, 0.1) is 12.9 Å². The Labute approximate surface area is 125 Å². The van der Waals surface area contributed by atoms with E-state index in [0.29, 0.717) is 22.6 Å². The van der Waals surface area contributed by atoms with Crippen molar-refractivity contribution in [3.8, 4) is 0 Å². The molecule has 2 heterocycles. The van der Waals surface area contributed by atoms with Crippen molar-refractivity contribution in [2.75, 3.05) is 7.11 Å². The van der Waals surface area contributed by atoms with Crippen LogP contribution in [0.1, 0.15) is 32.5 Å². The monoisotopic (exact) mass is 312 g/mol. The second kappa shape index (κ2) is 6.20. The third-order valence-electron chi connectivity index (χ3n) is 2.47.